The monoisotopic (exact) mass is 295 g/mol. The first-order chi connectivity index (χ1) is 9.10. The highest BCUT2D eigenvalue weighted by Crippen LogP contribution is 2.31. The largest absolute Gasteiger partial charge is 0.457 e. The Morgan fingerprint density at radius 2 is 1.84 bits per heavy atom. The third-order valence-corrected chi connectivity index (χ3v) is 3.53. The zero-order valence-corrected chi connectivity index (χ0v) is 12.1. The van der Waals surface area contributed by atoms with Crippen molar-refractivity contribution in [3.05, 3.63) is 57.6 Å². The van der Waals surface area contributed by atoms with Crippen LogP contribution in [0.5, 0.6) is 11.5 Å². The number of nitrogens with two attached hydrogens (primary N) is 1. The zero-order chi connectivity index (χ0) is 13.8. The molecule has 0 spiro atoms. The van der Waals surface area contributed by atoms with Gasteiger partial charge in [0.05, 0.1) is 10.0 Å². The van der Waals surface area contributed by atoms with Gasteiger partial charge in [0.25, 0.3) is 0 Å². The number of hydrogen-bond acceptors (Lipinski definition) is 2. The lowest BCUT2D eigenvalue weighted by Crippen LogP contribution is -2.02. The fourth-order valence-corrected chi connectivity index (χ4v) is 2.10. The van der Waals surface area contributed by atoms with Gasteiger partial charge in [-0.15, -0.1) is 0 Å². The van der Waals surface area contributed by atoms with Gasteiger partial charge >= 0.3 is 0 Å². The Kier molecular flexibility index (Phi) is 4.70. The van der Waals surface area contributed by atoms with Crippen molar-refractivity contribution in [2.24, 2.45) is 5.73 Å². The van der Waals surface area contributed by atoms with Gasteiger partial charge in [0, 0.05) is 6.07 Å². The summed E-state index contributed by atoms with van der Waals surface area (Å²) >= 11 is 11.8. The molecule has 0 heterocycles. The van der Waals surface area contributed by atoms with Crippen LogP contribution >= 0.6 is 23.2 Å². The maximum atomic E-state index is 5.96. The third-order valence-electron chi connectivity index (χ3n) is 2.79. The summed E-state index contributed by atoms with van der Waals surface area (Å²) in [7, 11) is 0. The molecule has 2 N–H and O–H groups in total. The van der Waals surface area contributed by atoms with Crippen LogP contribution in [0.4, 0.5) is 0 Å². The normalized spacial score (nSPS) is 10.5. The molecule has 0 atom stereocenters. The molecule has 0 aliphatic rings. The van der Waals surface area contributed by atoms with Crippen molar-refractivity contribution < 1.29 is 4.74 Å². The van der Waals surface area contributed by atoms with E-state index in [-0.39, 0.29) is 0 Å². The molecule has 2 rings (SSSR count). The molecular weight excluding hydrogens is 281 g/mol. The van der Waals surface area contributed by atoms with Gasteiger partial charge in [-0.25, -0.2) is 0 Å². The van der Waals surface area contributed by atoms with E-state index in [1.54, 1.807) is 18.2 Å². The van der Waals surface area contributed by atoms with Crippen LogP contribution in [0.2, 0.25) is 10.0 Å². The summed E-state index contributed by atoms with van der Waals surface area (Å²) in [6.07, 6.45) is 0.869. The van der Waals surface area contributed by atoms with Crippen molar-refractivity contribution in [3.8, 4) is 11.5 Å². The molecule has 0 fully saturated rings. The maximum Gasteiger partial charge on any atom is 0.130 e. The first-order valence-corrected chi connectivity index (χ1v) is 6.78. The summed E-state index contributed by atoms with van der Waals surface area (Å²) in [6, 6.07) is 11.3. The highest BCUT2D eigenvalue weighted by Gasteiger charge is 2.05. The second kappa shape index (κ2) is 6.29. The molecule has 0 aliphatic heterocycles. The molecule has 2 nitrogen and oxygen atoms in total. The summed E-state index contributed by atoms with van der Waals surface area (Å²) in [5, 5.41) is 1.00. The Bertz CT molecular complexity index is 584. The molecule has 0 aliphatic carbocycles. The van der Waals surface area contributed by atoms with E-state index in [4.69, 9.17) is 33.7 Å². The van der Waals surface area contributed by atoms with Crippen molar-refractivity contribution in [2.45, 2.75) is 13.3 Å². The molecule has 2 aromatic carbocycles. The number of hydrogen-bond donors (Lipinski definition) is 1. The molecule has 4 heteroatoms. The van der Waals surface area contributed by atoms with Crippen LogP contribution in [-0.2, 0) is 6.42 Å². The Labute approximate surface area is 123 Å². The predicted octanol–water partition coefficient (Wildman–Crippen LogP) is 4.60. The quantitative estimate of drug-likeness (QED) is 0.895. The Hall–Kier alpha value is -1.22. The van der Waals surface area contributed by atoms with E-state index in [9.17, 15) is 0 Å². The van der Waals surface area contributed by atoms with Crippen molar-refractivity contribution in [1.82, 2.24) is 0 Å². The van der Waals surface area contributed by atoms with Crippen LogP contribution in [0.1, 0.15) is 11.1 Å². The molecule has 2 aromatic rings. The Morgan fingerprint density at radius 1 is 1.05 bits per heavy atom. The molecule has 0 saturated heterocycles. The molecule has 100 valence electrons. The zero-order valence-electron chi connectivity index (χ0n) is 10.6. The first kappa shape index (κ1) is 14.2. The summed E-state index contributed by atoms with van der Waals surface area (Å²) in [4.78, 5) is 0. The molecule has 0 aromatic heterocycles. The highest BCUT2D eigenvalue weighted by atomic mass is 35.5. The lowest BCUT2D eigenvalue weighted by molar-refractivity contribution is 0.478. The molecule has 0 saturated carbocycles. The SMILES string of the molecule is Cc1cc(CCN)ccc1Oc1ccc(Cl)c(Cl)c1. The van der Waals surface area contributed by atoms with E-state index in [1.165, 1.54) is 5.56 Å². The van der Waals surface area contributed by atoms with Gasteiger partial charge in [0.1, 0.15) is 11.5 Å². The second-order valence-electron chi connectivity index (χ2n) is 4.32. The van der Waals surface area contributed by atoms with Crippen molar-refractivity contribution in [3.63, 3.8) is 0 Å². The van der Waals surface area contributed by atoms with E-state index in [2.05, 4.69) is 6.07 Å². The van der Waals surface area contributed by atoms with Gasteiger partial charge in [-0.2, -0.15) is 0 Å². The topological polar surface area (TPSA) is 35.2 Å². The van der Waals surface area contributed by atoms with Crippen molar-refractivity contribution in [1.29, 1.82) is 0 Å². The van der Waals surface area contributed by atoms with Gasteiger partial charge in [-0.1, -0.05) is 35.3 Å². The van der Waals surface area contributed by atoms with Crippen LogP contribution in [0, 0.1) is 6.92 Å². The molecule has 0 unspecified atom stereocenters. The minimum atomic E-state index is 0.483. The first-order valence-electron chi connectivity index (χ1n) is 6.02. The molecular formula is C15H15Cl2NO. The van der Waals surface area contributed by atoms with E-state index in [1.807, 2.05) is 19.1 Å². The highest BCUT2D eigenvalue weighted by molar-refractivity contribution is 6.42. The average Bonchev–Trinajstić information content (AvgIpc) is 2.37. The smallest absolute Gasteiger partial charge is 0.130 e. The predicted molar refractivity (Wildman–Crippen MR) is 80.5 cm³/mol. The maximum absolute atomic E-state index is 5.96. The van der Waals surface area contributed by atoms with E-state index in [0.29, 0.717) is 22.3 Å². The van der Waals surface area contributed by atoms with E-state index >= 15 is 0 Å². The number of benzene rings is 2. The number of aryl methyl sites for hydroxylation is 1. The summed E-state index contributed by atoms with van der Waals surface area (Å²) in [5.41, 5.74) is 7.82. The Balaban J connectivity index is 2.20. The summed E-state index contributed by atoms with van der Waals surface area (Å²) in [5.74, 6) is 1.48. The van der Waals surface area contributed by atoms with Crippen molar-refractivity contribution >= 4 is 23.2 Å². The molecule has 0 bridgehead atoms. The minimum Gasteiger partial charge on any atom is -0.457 e. The fourth-order valence-electron chi connectivity index (χ4n) is 1.82. The average molecular weight is 296 g/mol. The third kappa shape index (κ3) is 3.63. The van der Waals surface area contributed by atoms with Gasteiger partial charge < -0.3 is 10.5 Å². The number of rotatable bonds is 4. The lowest BCUT2D eigenvalue weighted by Gasteiger charge is -2.10. The Morgan fingerprint density at radius 3 is 2.47 bits per heavy atom. The van der Waals surface area contributed by atoms with Gasteiger partial charge in [-0.05, 0) is 49.2 Å². The van der Waals surface area contributed by atoms with Crippen molar-refractivity contribution in [2.75, 3.05) is 6.54 Å². The standard InChI is InChI=1S/C15H15Cl2NO/c1-10-8-11(6-7-18)2-5-15(10)19-12-3-4-13(16)14(17)9-12/h2-5,8-9H,6-7,18H2,1H3. The van der Waals surface area contributed by atoms with Gasteiger partial charge in [0.15, 0.2) is 0 Å². The van der Waals surface area contributed by atoms with Crippen LogP contribution in [-0.4, -0.2) is 6.54 Å². The van der Waals surface area contributed by atoms with Crippen LogP contribution < -0.4 is 10.5 Å². The molecule has 0 amide bonds. The minimum absolute atomic E-state index is 0.483. The fraction of sp³-hybridized carbons (Fsp3) is 0.200. The number of ether oxygens (including phenoxy) is 1. The van der Waals surface area contributed by atoms with E-state index < -0.39 is 0 Å². The summed E-state index contributed by atoms with van der Waals surface area (Å²) in [6.45, 7) is 2.65. The second-order valence-corrected chi connectivity index (χ2v) is 5.13. The molecule has 19 heavy (non-hydrogen) atoms. The van der Waals surface area contributed by atoms with Crippen LogP contribution in [0.15, 0.2) is 36.4 Å². The summed E-state index contributed by atoms with van der Waals surface area (Å²) < 4.78 is 5.80. The van der Waals surface area contributed by atoms with Crippen LogP contribution in [0.3, 0.4) is 0 Å². The molecule has 0 radical (unpaired) electrons. The number of halogens is 2. The van der Waals surface area contributed by atoms with Gasteiger partial charge in [-0.3, -0.25) is 0 Å². The van der Waals surface area contributed by atoms with Gasteiger partial charge in [0.2, 0.25) is 0 Å². The van der Waals surface area contributed by atoms with Crippen LogP contribution in [0.25, 0.3) is 0 Å². The van der Waals surface area contributed by atoms with E-state index in [0.717, 1.165) is 17.7 Å². The lowest BCUT2D eigenvalue weighted by atomic mass is 10.1.